The number of nitrogens with zero attached hydrogens (tertiary/aromatic N) is 4. The Morgan fingerprint density at radius 2 is 2.00 bits per heavy atom. The molecule has 8 heteroatoms. The summed E-state index contributed by atoms with van der Waals surface area (Å²) in [6, 6.07) is 10.1. The second-order valence-corrected chi connectivity index (χ2v) is 7.71. The SMILES string of the molecule is COc1ccc(CN=C(NCc2nnc(C)n2C)NCC(C)c2ccsc2)cc1. The third-order valence-corrected chi connectivity index (χ3v) is 5.56. The van der Waals surface area contributed by atoms with Gasteiger partial charge in [0.2, 0.25) is 0 Å². The van der Waals surface area contributed by atoms with E-state index in [1.165, 1.54) is 5.56 Å². The number of hydrogen-bond acceptors (Lipinski definition) is 5. The van der Waals surface area contributed by atoms with Crippen LogP contribution in [0, 0.1) is 6.92 Å². The van der Waals surface area contributed by atoms with Gasteiger partial charge in [0.25, 0.3) is 0 Å². The van der Waals surface area contributed by atoms with Gasteiger partial charge in [0.15, 0.2) is 11.8 Å². The molecule has 0 aliphatic rings. The van der Waals surface area contributed by atoms with Gasteiger partial charge >= 0.3 is 0 Å². The summed E-state index contributed by atoms with van der Waals surface area (Å²) in [6.07, 6.45) is 0. The molecule has 0 fully saturated rings. The van der Waals surface area contributed by atoms with Crippen molar-refractivity contribution in [1.82, 2.24) is 25.4 Å². The Hall–Kier alpha value is -2.87. The first-order chi connectivity index (χ1) is 14.1. The molecular formula is C21H28N6OS. The summed E-state index contributed by atoms with van der Waals surface area (Å²) in [5, 5.41) is 19.5. The molecule has 154 valence electrons. The average Bonchev–Trinajstić information content (AvgIpc) is 3.39. The van der Waals surface area contributed by atoms with E-state index < -0.39 is 0 Å². The van der Waals surface area contributed by atoms with Gasteiger partial charge in [-0.15, -0.1) is 10.2 Å². The molecule has 7 nitrogen and oxygen atoms in total. The monoisotopic (exact) mass is 412 g/mol. The predicted octanol–water partition coefficient (Wildman–Crippen LogP) is 3.23. The maximum Gasteiger partial charge on any atom is 0.191 e. The molecule has 0 aliphatic heterocycles. The topological polar surface area (TPSA) is 76.4 Å². The second kappa shape index (κ2) is 10.1. The maximum atomic E-state index is 5.22. The fraction of sp³-hybridized carbons (Fsp3) is 0.381. The molecule has 0 amide bonds. The van der Waals surface area contributed by atoms with Crippen molar-refractivity contribution < 1.29 is 4.74 Å². The van der Waals surface area contributed by atoms with Crippen molar-refractivity contribution in [2.75, 3.05) is 13.7 Å². The van der Waals surface area contributed by atoms with Crippen LogP contribution in [0.2, 0.25) is 0 Å². The van der Waals surface area contributed by atoms with Crippen molar-refractivity contribution in [3.05, 3.63) is 63.9 Å². The van der Waals surface area contributed by atoms with Crippen LogP contribution in [0.15, 0.2) is 46.1 Å². The molecule has 0 aliphatic carbocycles. The quantitative estimate of drug-likeness (QED) is 0.439. The van der Waals surface area contributed by atoms with Crippen LogP contribution in [-0.2, 0) is 20.1 Å². The predicted molar refractivity (Wildman–Crippen MR) is 117 cm³/mol. The van der Waals surface area contributed by atoms with E-state index in [1.807, 2.05) is 42.8 Å². The summed E-state index contributed by atoms with van der Waals surface area (Å²) in [7, 11) is 3.63. The number of methoxy groups -OCH3 is 1. The van der Waals surface area contributed by atoms with Gasteiger partial charge in [-0.2, -0.15) is 11.3 Å². The highest BCUT2D eigenvalue weighted by atomic mass is 32.1. The zero-order chi connectivity index (χ0) is 20.6. The molecule has 2 N–H and O–H groups in total. The molecule has 3 aromatic rings. The highest BCUT2D eigenvalue weighted by Gasteiger charge is 2.09. The van der Waals surface area contributed by atoms with E-state index in [0.29, 0.717) is 19.0 Å². The number of ether oxygens (including phenoxy) is 1. The zero-order valence-electron chi connectivity index (χ0n) is 17.3. The molecule has 3 rings (SSSR count). The minimum atomic E-state index is 0.395. The fourth-order valence-electron chi connectivity index (χ4n) is 2.77. The number of rotatable bonds is 8. The Morgan fingerprint density at radius 3 is 2.62 bits per heavy atom. The van der Waals surface area contributed by atoms with Crippen molar-refractivity contribution >= 4 is 17.3 Å². The van der Waals surface area contributed by atoms with Crippen LogP contribution >= 0.6 is 11.3 Å². The van der Waals surface area contributed by atoms with E-state index in [4.69, 9.17) is 9.73 Å². The van der Waals surface area contributed by atoms with Gasteiger partial charge in [-0.1, -0.05) is 19.1 Å². The summed E-state index contributed by atoms with van der Waals surface area (Å²) in [6.45, 7) is 6.07. The van der Waals surface area contributed by atoms with Crippen molar-refractivity contribution in [3.8, 4) is 5.75 Å². The maximum absolute atomic E-state index is 5.22. The first kappa shape index (κ1) is 20.9. The normalized spacial score (nSPS) is 12.6. The van der Waals surface area contributed by atoms with Gasteiger partial charge in [-0.25, -0.2) is 4.99 Å². The van der Waals surface area contributed by atoms with E-state index >= 15 is 0 Å². The largest absolute Gasteiger partial charge is 0.497 e. The van der Waals surface area contributed by atoms with Crippen LogP contribution in [0.4, 0.5) is 0 Å². The van der Waals surface area contributed by atoms with Crippen LogP contribution in [0.5, 0.6) is 5.75 Å². The lowest BCUT2D eigenvalue weighted by molar-refractivity contribution is 0.414. The molecule has 0 radical (unpaired) electrons. The zero-order valence-corrected chi connectivity index (χ0v) is 18.2. The van der Waals surface area contributed by atoms with Gasteiger partial charge in [-0.3, -0.25) is 0 Å². The lowest BCUT2D eigenvalue weighted by atomic mass is 10.1. The number of hydrogen-bond donors (Lipinski definition) is 2. The molecule has 2 heterocycles. The first-order valence-electron chi connectivity index (χ1n) is 9.59. The Balaban J connectivity index is 1.66. The van der Waals surface area contributed by atoms with Crippen molar-refractivity contribution in [3.63, 3.8) is 0 Å². The molecule has 0 saturated carbocycles. The number of aromatic nitrogens is 3. The Morgan fingerprint density at radius 1 is 1.21 bits per heavy atom. The van der Waals surface area contributed by atoms with Gasteiger partial charge in [0.05, 0.1) is 20.2 Å². The Bertz CT molecular complexity index is 917. The van der Waals surface area contributed by atoms with E-state index in [9.17, 15) is 0 Å². The molecule has 2 aromatic heterocycles. The minimum absolute atomic E-state index is 0.395. The molecule has 0 saturated heterocycles. The molecular weight excluding hydrogens is 384 g/mol. The summed E-state index contributed by atoms with van der Waals surface area (Å²) >= 11 is 1.72. The molecule has 1 unspecified atom stereocenters. The summed E-state index contributed by atoms with van der Waals surface area (Å²) in [5.41, 5.74) is 2.45. The summed E-state index contributed by atoms with van der Waals surface area (Å²) < 4.78 is 7.20. The molecule has 1 aromatic carbocycles. The van der Waals surface area contributed by atoms with Gasteiger partial charge in [0.1, 0.15) is 11.6 Å². The lowest BCUT2D eigenvalue weighted by Crippen LogP contribution is -2.39. The smallest absolute Gasteiger partial charge is 0.191 e. The molecule has 29 heavy (non-hydrogen) atoms. The van der Waals surface area contributed by atoms with Crippen LogP contribution < -0.4 is 15.4 Å². The van der Waals surface area contributed by atoms with E-state index in [0.717, 1.165) is 35.5 Å². The van der Waals surface area contributed by atoms with E-state index in [1.54, 1.807) is 18.4 Å². The second-order valence-electron chi connectivity index (χ2n) is 6.93. The van der Waals surface area contributed by atoms with E-state index in [2.05, 4.69) is 44.6 Å². The van der Waals surface area contributed by atoms with Crippen LogP contribution in [0.1, 0.15) is 35.6 Å². The van der Waals surface area contributed by atoms with Crippen LogP contribution in [0.3, 0.4) is 0 Å². The number of benzene rings is 1. The number of aryl methyl sites for hydroxylation is 1. The summed E-state index contributed by atoms with van der Waals surface area (Å²) in [4.78, 5) is 4.75. The van der Waals surface area contributed by atoms with E-state index in [-0.39, 0.29) is 0 Å². The standard InChI is InChI=1S/C21H28N6OS/c1-15(18-9-10-29-14-18)11-22-21(24-13-20-26-25-16(2)27(20)3)23-12-17-5-7-19(28-4)8-6-17/h5-10,14-15H,11-13H2,1-4H3,(H2,22,23,24). The number of nitrogens with one attached hydrogen (secondary N) is 2. The Kier molecular flexibility index (Phi) is 7.24. The number of aliphatic imine (C=N–C) groups is 1. The minimum Gasteiger partial charge on any atom is -0.497 e. The van der Waals surface area contributed by atoms with Crippen molar-refractivity contribution in [2.24, 2.45) is 12.0 Å². The van der Waals surface area contributed by atoms with Crippen LogP contribution in [0.25, 0.3) is 0 Å². The highest BCUT2D eigenvalue weighted by molar-refractivity contribution is 7.07. The van der Waals surface area contributed by atoms with Crippen LogP contribution in [-0.4, -0.2) is 34.4 Å². The van der Waals surface area contributed by atoms with Crippen molar-refractivity contribution in [2.45, 2.75) is 32.9 Å². The fourth-order valence-corrected chi connectivity index (χ4v) is 3.55. The first-order valence-corrected chi connectivity index (χ1v) is 10.5. The van der Waals surface area contributed by atoms with Gasteiger partial charge in [-0.05, 0) is 52.9 Å². The molecule has 1 atom stereocenters. The third kappa shape index (κ3) is 5.80. The number of guanidine groups is 1. The average molecular weight is 413 g/mol. The Labute approximate surface area is 175 Å². The van der Waals surface area contributed by atoms with Gasteiger partial charge in [0, 0.05) is 13.6 Å². The molecule has 0 spiro atoms. The summed E-state index contributed by atoms with van der Waals surface area (Å²) in [5.74, 6) is 3.75. The van der Waals surface area contributed by atoms with Gasteiger partial charge < -0.3 is 19.9 Å². The van der Waals surface area contributed by atoms with Crippen molar-refractivity contribution in [1.29, 1.82) is 0 Å². The highest BCUT2D eigenvalue weighted by Crippen LogP contribution is 2.17. The molecule has 0 bridgehead atoms. The number of thiophene rings is 1. The third-order valence-electron chi connectivity index (χ3n) is 4.86. The lowest BCUT2D eigenvalue weighted by Gasteiger charge is -2.16.